The number of halogens is 1. The second-order valence-electron chi connectivity index (χ2n) is 8.98. The van der Waals surface area contributed by atoms with Crippen LogP contribution in [-0.4, -0.2) is 18.5 Å². The molecule has 0 radical (unpaired) electrons. The number of hydrogen-bond donors (Lipinski definition) is 0. The lowest BCUT2D eigenvalue weighted by atomic mass is 9.82. The van der Waals surface area contributed by atoms with E-state index in [1.54, 1.807) is 32.0 Å². The van der Waals surface area contributed by atoms with Crippen LogP contribution in [0, 0.1) is 11.2 Å². The molecule has 0 bridgehead atoms. The van der Waals surface area contributed by atoms with E-state index in [1.165, 1.54) is 63.9 Å². The van der Waals surface area contributed by atoms with Crippen molar-refractivity contribution in [2.75, 3.05) is 6.61 Å². The fourth-order valence-corrected chi connectivity index (χ4v) is 4.05. The van der Waals surface area contributed by atoms with Gasteiger partial charge in [-0.1, -0.05) is 110 Å². The van der Waals surface area contributed by atoms with E-state index < -0.39 is 23.2 Å². The number of rotatable bonds is 19. The average molecular weight is 465 g/mol. The number of hydrogen-bond acceptors (Lipinski definition) is 4. The summed E-state index contributed by atoms with van der Waals surface area (Å²) in [5, 5.41) is 0. The van der Waals surface area contributed by atoms with E-state index in [4.69, 9.17) is 9.47 Å². The topological polar surface area (TPSA) is 52.6 Å². The number of carbonyl (C=O) groups excluding carboxylic acids is 2. The molecule has 188 valence electrons. The zero-order valence-corrected chi connectivity index (χ0v) is 21.1. The standard InChI is InChI=1S/C28H45FO4/c1-4-7-8-9-10-11-12-13-14-15-16-19-22-32-26(30)28(5-2,6-3)27(31)33-23-24-20-17-18-21-25(24)29/h17-18,20-21H,4-16,19,22-23H2,1-3H3. The largest absolute Gasteiger partial charge is 0.465 e. The average Bonchev–Trinajstić information content (AvgIpc) is 2.82. The lowest BCUT2D eigenvalue weighted by Gasteiger charge is -2.27. The van der Waals surface area contributed by atoms with Crippen molar-refractivity contribution < 1.29 is 23.5 Å². The highest BCUT2D eigenvalue weighted by atomic mass is 19.1. The third-order valence-electron chi connectivity index (χ3n) is 6.54. The quantitative estimate of drug-likeness (QED) is 0.118. The molecule has 0 aliphatic heterocycles. The Kier molecular flexibility index (Phi) is 15.5. The van der Waals surface area contributed by atoms with Crippen molar-refractivity contribution in [1.82, 2.24) is 0 Å². The minimum atomic E-state index is -1.33. The maximum atomic E-state index is 13.8. The lowest BCUT2D eigenvalue weighted by Crippen LogP contribution is -2.41. The van der Waals surface area contributed by atoms with Gasteiger partial charge in [-0.25, -0.2) is 4.39 Å². The van der Waals surface area contributed by atoms with E-state index >= 15 is 0 Å². The van der Waals surface area contributed by atoms with Crippen LogP contribution in [0.4, 0.5) is 4.39 Å². The molecule has 0 heterocycles. The van der Waals surface area contributed by atoms with Gasteiger partial charge in [0.1, 0.15) is 12.4 Å². The maximum Gasteiger partial charge on any atom is 0.323 e. The normalized spacial score (nSPS) is 11.4. The molecule has 0 saturated carbocycles. The van der Waals surface area contributed by atoms with Gasteiger partial charge in [-0.15, -0.1) is 0 Å². The predicted octanol–water partition coefficient (Wildman–Crippen LogP) is 7.92. The van der Waals surface area contributed by atoms with Gasteiger partial charge < -0.3 is 9.47 Å². The van der Waals surface area contributed by atoms with Crippen molar-refractivity contribution in [2.24, 2.45) is 5.41 Å². The Morgan fingerprint density at radius 3 is 1.73 bits per heavy atom. The highest BCUT2D eigenvalue weighted by Crippen LogP contribution is 2.31. The molecule has 4 nitrogen and oxygen atoms in total. The van der Waals surface area contributed by atoms with Crippen LogP contribution in [0.3, 0.4) is 0 Å². The minimum absolute atomic E-state index is 0.195. The molecule has 0 aromatic heterocycles. The van der Waals surface area contributed by atoms with Gasteiger partial charge in [0.2, 0.25) is 0 Å². The SMILES string of the molecule is CCCCCCCCCCCCCCOC(=O)C(CC)(CC)C(=O)OCc1ccccc1F. The second-order valence-corrected chi connectivity index (χ2v) is 8.98. The van der Waals surface area contributed by atoms with E-state index in [0.29, 0.717) is 6.61 Å². The molecule has 5 heteroatoms. The summed E-state index contributed by atoms with van der Waals surface area (Å²) in [4.78, 5) is 25.5. The van der Waals surface area contributed by atoms with Gasteiger partial charge in [-0.3, -0.25) is 9.59 Å². The Balaban J connectivity index is 2.25. The van der Waals surface area contributed by atoms with Crippen LogP contribution in [0.1, 0.15) is 116 Å². The molecule has 0 saturated heterocycles. The van der Waals surface area contributed by atoms with Gasteiger partial charge >= 0.3 is 11.9 Å². The number of esters is 2. The molecule has 1 rings (SSSR count). The molecule has 1 aromatic carbocycles. The fourth-order valence-electron chi connectivity index (χ4n) is 4.05. The summed E-state index contributed by atoms with van der Waals surface area (Å²) in [5.41, 5.74) is -1.04. The zero-order valence-electron chi connectivity index (χ0n) is 21.1. The van der Waals surface area contributed by atoms with Gasteiger partial charge in [-0.2, -0.15) is 0 Å². The number of carbonyl (C=O) groups is 2. The van der Waals surface area contributed by atoms with Crippen molar-refractivity contribution in [3.63, 3.8) is 0 Å². The third-order valence-corrected chi connectivity index (χ3v) is 6.54. The minimum Gasteiger partial charge on any atom is -0.465 e. The molecule has 0 fully saturated rings. The van der Waals surface area contributed by atoms with Crippen LogP contribution >= 0.6 is 0 Å². The molecular weight excluding hydrogens is 419 g/mol. The molecule has 0 aliphatic carbocycles. The van der Waals surface area contributed by atoms with Crippen molar-refractivity contribution in [3.05, 3.63) is 35.6 Å². The fraction of sp³-hybridized carbons (Fsp3) is 0.714. The number of benzene rings is 1. The lowest BCUT2D eigenvalue weighted by molar-refractivity contribution is -0.174. The molecule has 0 N–H and O–H groups in total. The first-order valence-corrected chi connectivity index (χ1v) is 13.1. The van der Waals surface area contributed by atoms with E-state index in [0.717, 1.165) is 19.3 Å². The summed E-state index contributed by atoms with van der Waals surface area (Å²) in [6, 6.07) is 6.14. The number of ether oxygens (including phenoxy) is 2. The van der Waals surface area contributed by atoms with Crippen LogP contribution in [0.2, 0.25) is 0 Å². The molecule has 33 heavy (non-hydrogen) atoms. The summed E-state index contributed by atoms with van der Waals surface area (Å²) in [6.07, 6.45) is 15.4. The Labute approximate surface area is 200 Å². The summed E-state index contributed by atoms with van der Waals surface area (Å²) < 4.78 is 24.6. The van der Waals surface area contributed by atoms with Crippen molar-refractivity contribution >= 4 is 11.9 Å². The Hall–Kier alpha value is -1.91. The Morgan fingerprint density at radius 1 is 0.727 bits per heavy atom. The summed E-state index contributed by atoms with van der Waals surface area (Å²) in [6.45, 7) is 5.92. The second kappa shape index (κ2) is 17.6. The van der Waals surface area contributed by atoms with Gasteiger partial charge in [0, 0.05) is 5.56 Å². The first kappa shape index (κ1) is 29.1. The zero-order chi connectivity index (χ0) is 24.4. The van der Waals surface area contributed by atoms with Crippen LogP contribution in [-0.2, 0) is 25.7 Å². The van der Waals surface area contributed by atoms with Crippen LogP contribution in [0.15, 0.2) is 24.3 Å². The predicted molar refractivity (Wildman–Crippen MR) is 131 cm³/mol. The molecular formula is C28H45FO4. The van der Waals surface area contributed by atoms with E-state index in [2.05, 4.69) is 6.92 Å². The van der Waals surface area contributed by atoms with Gasteiger partial charge in [0.25, 0.3) is 0 Å². The van der Waals surface area contributed by atoms with Gasteiger partial charge in [-0.05, 0) is 25.3 Å². The smallest absolute Gasteiger partial charge is 0.323 e. The molecule has 0 spiro atoms. The van der Waals surface area contributed by atoms with Crippen molar-refractivity contribution in [1.29, 1.82) is 0 Å². The highest BCUT2D eigenvalue weighted by Gasteiger charge is 2.45. The molecule has 0 atom stereocenters. The van der Waals surface area contributed by atoms with Crippen LogP contribution in [0.5, 0.6) is 0 Å². The third kappa shape index (κ3) is 10.7. The molecule has 0 aliphatic rings. The number of unbranched alkanes of at least 4 members (excludes halogenated alkanes) is 11. The summed E-state index contributed by atoms with van der Waals surface area (Å²) in [5.74, 6) is -1.61. The van der Waals surface area contributed by atoms with E-state index in [9.17, 15) is 14.0 Å². The van der Waals surface area contributed by atoms with E-state index in [1.807, 2.05) is 0 Å². The molecule has 0 unspecified atom stereocenters. The van der Waals surface area contributed by atoms with Crippen molar-refractivity contribution in [3.8, 4) is 0 Å². The Morgan fingerprint density at radius 2 is 1.21 bits per heavy atom. The maximum absolute atomic E-state index is 13.8. The summed E-state index contributed by atoms with van der Waals surface area (Å²) >= 11 is 0. The highest BCUT2D eigenvalue weighted by molar-refractivity contribution is 5.99. The van der Waals surface area contributed by atoms with Gasteiger partial charge in [0.05, 0.1) is 6.61 Å². The van der Waals surface area contributed by atoms with Crippen LogP contribution in [0.25, 0.3) is 0 Å². The molecule has 0 amide bonds. The first-order chi connectivity index (χ1) is 16.0. The van der Waals surface area contributed by atoms with Gasteiger partial charge in [0.15, 0.2) is 5.41 Å². The van der Waals surface area contributed by atoms with E-state index in [-0.39, 0.29) is 25.0 Å². The Bertz CT molecular complexity index is 670. The monoisotopic (exact) mass is 464 g/mol. The van der Waals surface area contributed by atoms with Crippen LogP contribution < -0.4 is 0 Å². The first-order valence-electron chi connectivity index (χ1n) is 13.1. The molecule has 1 aromatic rings. The summed E-state index contributed by atoms with van der Waals surface area (Å²) in [7, 11) is 0. The van der Waals surface area contributed by atoms with Crippen molar-refractivity contribution in [2.45, 2.75) is 117 Å².